The van der Waals surface area contributed by atoms with Gasteiger partial charge in [-0.2, -0.15) is 0 Å². The monoisotopic (exact) mass is 270 g/mol. The van der Waals surface area contributed by atoms with E-state index in [1.54, 1.807) is 0 Å². The van der Waals surface area contributed by atoms with Crippen LogP contribution < -0.4 is 10.5 Å². The molecule has 0 aromatic heterocycles. The van der Waals surface area contributed by atoms with Gasteiger partial charge in [-0.05, 0) is 58.1 Å². The van der Waals surface area contributed by atoms with Crippen molar-refractivity contribution < 1.29 is 4.74 Å². The van der Waals surface area contributed by atoms with Crippen molar-refractivity contribution in [1.29, 1.82) is 0 Å². The predicted molar refractivity (Wildman–Crippen MR) is 77.6 cm³/mol. The van der Waals surface area contributed by atoms with Crippen molar-refractivity contribution in [2.75, 3.05) is 27.2 Å². The normalized spacial score (nSPS) is 14.7. The molecule has 2 N–H and O–H groups in total. The zero-order valence-electron chi connectivity index (χ0n) is 11.9. The molecule has 0 amide bonds. The number of aryl methyl sites for hydroxylation is 2. The summed E-state index contributed by atoms with van der Waals surface area (Å²) < 4.78 is 5.86. The number of ether oxygens (including phenoxy) is 1. The molecule has 4 heteroatoms. The van der Waals surface area contributed by atoms with Gasteiger partial charge in [0.15, 0.2) is 0 Å². The van der Waals surface area contributed by atoms with E-state index in [0.717, 1.165) is 21.9 Å². The summed E-state index contributed by atoms with van der Waals surface area (Å²) >= 11 is 6.13. The highest BCUT2D eigenvalue weighted by atomic mass is 35.5. The zero-order chi connectivity index (χ0) is 13.9. The first-order valence-electron chi connectivity index (χ1n) is 6.07. The quantitative estimate of drug-likeness (QED) is 0.894. The SMILES string of the molecule is Cc1cc(OCC(C)(CN)N(C)C)cc(C)c1Cl. The third-order valence-corrected chi connectivity index (χ3v) is 4.08. The van der Waals surface area contributed by atoms with Gasteiger partial charge in [0.1, 0.15) is 12.4 Å². The van der Waals surface area contributed by atoms with Crippen LogP contribution >= 0.6 is 11.6 Å². The van der Waals surface area contributed by atoms with Gasteiger partial charge in [0, 0.05) is 11.6 Å². The Hall–Kier alpha value is -0.770. The summed E-state index contributed by atoms with van der Waals surface area (Å²) in [4.78, 5) is 2.09. The summed E-state index contributed by atoms with van der Waals surface area (Å²) in [5, 5.41) is 0.802. The number of hydrogen-bond acceptors (Lipinski definition) is 3. The summed E-state index contributed by atoms with van der Waals surface area (Å²) in [5.74, 6) is 0.843. The molecule has 1 aromatic rings. The molecule has 102 valence electrons. The maximum Gasteiger partial charge on any atom is 0.120 e. The third kappa shape index (κ3) is 3.37. The highest BCUT2D eigenvalue weighted by Crippen LogP contribution is 2.26. The van der Waals surface area contributed by atoms with Crippen molar-refractivity contribution in [3.05, 3.63) is 28.3 Å². The molecule has 3 nitrogen and oxygen atoms in total. The van der Waals surface area contributed by atoms with Gasteiger partial charge < -0.3 is 10.5 Å². The van der Waals surface area contributed by atoms with E-state index in [1.165, 1.54) is 0 Å². The Morgan fingerprint density at radius 1 is 1.28 bits per heavy atom. The lowest BCUT2D eigenvalue weighted by atomic mass is 10.0. The minimum absolute atomic E-state index is 0.165. The fraction of sp³-hybridized carbons (Fsp3) is 0.571. The fourth-order valence-electron chi connectivity index (χ4n) is 1.60. The largest absolute Gasteiger partial charge is 0.492 e. The number of hydrogen-bond donors (Lipinski definition) is 1. The summed E-state index contributed by atoms with van der Waals surface area (Å²) in [7, 11) is 4.02. The molecule has 0 saturated heterocycles. The second-order valence-corrected chi connectivity index (χ2v) is 5.63. The average molecular weight is 271 g/mol. The second-order valence-electron chi connectivity index (χ2n) is 5.26. The number of likely N-dealkylation sites (N-methyl/N-ethyl adjacent to an activating group) is 1. The number of benzene rings is 1. The molecular weight excluding hydrogens is 248 g/mol. The van der Waals surface area contributed by atoms with Gasteiger partial charge in [-0.1, -0.05) is 11.6 Å². The van der Waals surface area contributed by atoms with Gasteiger partial charge >= 0.3 is 0 Å². The van der Waals surface area contributed by atoms with E-state index in [1.807, 2.05) is 40.1 Å². The van der Waals surface area contributed by atoms with Gasteiger partial charge in [0.05, 0.1) is 5.54 Å². The minimum atomic E-state index is -0.165. The van der Waals surface area contributed by atoms with Crippen molar-refractivity contribution in [3.8, 4) is 5.75 Å². The predicted octanol–water partition coefficient (Wildman–Crippen LogP) is 2.61. The van der Waals surface area contributed by atoms with E-state index in [4.69, 9.17) is 22.1 Å². The van der Waals surface area contributed by atoms with Gasteiger partial charge in [-0.25, -0.2) is 0 Å². The molecule has 0 bridgehead atoms. The van der Waals surface area contributed by atoms with E-state index >= 15 is 0 Å². The molecule has 0 aliphatic carbocycles. The maximum atomic E-state index is 6.13. The van der Waals surface area contributed by atoms with Crippen LogP contribution in [-0.4, -0.2) is 37.7 Å². The van der Waals surface area contributed by atoms with Crippen LogP contribution in [0.2, 0.25) is 5.02 Å². The minimum Gasteiger partial charge on any atom is -0.492 e. The molecule has 0 aliphatic heterocycles. The molecule has 0 saturated carbocycles. The molecule has 18 heavy (non-hydrogen) atoms. The van der Waals surface area contributed by atoms with Crippen LogP contribution in [0, 0.1) is 13.8 Å². The second kappa shape index (κ2) is 5.91. The molecule has 1 atom stereocenters. The van der Waals surface area contributed by atoms with Gasteiger partial charge in [-0.15, -0.1) is 0 Å². The smallest absolute Gasteiger partial charge is 0.120 e. The molecule has 0 fully saturated rings. The van der Waals surface area contributed by atoms with E-state index < -0.39 is 0 Å². The van der Waals surface area contributed by atoms with Crippen molar-refractivity contribution in [2.45, 2.75) is 26.3 Å². The van der Waals surface area contributed by atoms with Crippen LogP contribution in [0.5, 0.6) is 5.75 Å². The van der Waals surface area contributed by atoms with Crippen molar-refractivity contribution in [3.63, 3.8) is 0 Å². The topological polar surface area (TPSA) is 38.5 Å². The molecule has 1 rings (SSSR count). The summed E-state index contributed by atoms with van der Waals surface area (Å²) in [6.45, 7) is 7.15. The summed E-state index contributed by atoms with van der Waals surface area (Å²) in [6, 6.07) is 3.92. The number of halogens is 1. The van der Waals surface area contributed by atoms with E-state index in [9.17, 15) is 0 Å². The summed E-state index contributed by atoms with van der Waals surface area (Å²) in [5.41, 5.74) is 7.71. The third-order valence-electron chi connectivity index (χ3n) is 3.48. The molecule has 0 spiro atoms. The fourth-order valence-corrected chi connectivity index (χ4v) is 1.71. The van der Waals surface area contributed by atoms with Crippen LogP contribution in [0.3, 0.4) is 0 Å². The molecule has 0 aliphatic rings. The lowest BCUT2D eigenvalue weighted by Gasteiger charge is -2.35. The Morgan fingerprint density at radius 2 is 1.78 bits per heavy atom. The first-order chi connectivity index (χ1) is 8.30. The van der Waals surface area contributed by atoms with Gasteiger partial charge in [-0.3, -0.25) is 4.90 Å². The van der Waals surface area contributed by atoms with Crippen LogP contribution in [0.1, 0.15) is 18.1 Å². The van der Waals surface area contributed by atoms with Crippen LogP contribution in [0.15, 0.2) is 12.1 Å². The highest BCUT2D eigenvalue weighted by Gasteiger charge is 2.26. The van der Waals surface area contributed by atoms with Gasteiger partial charge in [0.2, 0.25) is 0 Å². The Morgan fingerprint density at radius 3 is 2.17 bits per heavy atom. The highest BCUT2D eigenvalue weighted by molar-refractivity contribution is 6.32. The van der Waals surface area contributed by atoms with Crippen molar-refractivity contribution in [2.24, 2.45) is 5.73 Å². The van der Waals surface area contributed by atoms with E-state index in [-0.39, 0.29) is 5.54 Å². The number of rotatable bonds is 5. The molecule has 0 radical (unpaired) electrons. The average Bonchev–Trinajstić information content (AvgIpc) is 2.32. The zero-order valence-corrected chi connectivity index (χ0v) is 12.6. The first-order valence-corrected chi connectivity index (χ1v) is 6.45. The number of nitrogens with zero attached hydrogens (tertiary/aromatic N) is 1. The Kier molecular flexibility index (Phi) is 5.02. The Labute approximate surface area is 115 Å². The first kappa shape index (κ1) is 15.3. The van der Waals surface area contributed by atoms with Crippen LogP contribution in [0.25, 0.3) is 0 Å². The van der Waals surface area contributed by atoms with Crippen molar-refractivity contribution >= 4 is 11.6 Å². The Balaban J connectivity index is 2.81. The molecule has 0 heterocycles. The molecule has 1 aromatic carbocycles. The molecular formula is C14H23ClN2O. The van der Waals surface area contributed by atoms with E-state index in [2.05, 4.69) is 11.8 Å². The van der Waals surface area contributed by atoms with Gasteiger partial charge in [0.25, 0.3) is 0 Å². The summed E-state index contributed by atoms with van der Waals surface area (Å²) in [6.07, 6.45) is 0. The standard InChI is InChI=1S/C14H23ClN2O/c1-10-6-12(7-11(2)13(10)15)18-9-14(3,8-16)17(4)5/h6-7H,8-9,16H2,1-5H3. The number of nitrogens with two attached hydrogens (primary N) is 1. The lowest BCUT2D eigenvalue weighted by molar-refractivity contribution is 0.104. The van der Waals surface area contributed by atoms with E-state index in [0.29, 0.717) is 13.2 Å². The maximum absolute atomic E-state index is 6.13. The Bertz CT molecular complexity index is 397. The van der Waals surface area contributed by atoms with Crippen LogP contribution in [0.4, 0.5) is 0 Å². The van der Waals surface area contributed by atoms with Crippen molar-refractivity contribution in [1.82, 2.24) is 4.90 Å². The molecule has 1 unspecified atom stereocenters. The lowest BCUT2D eigenvalue weighted by Crippen LogP contribution is -2.52. The van der Waals surface area contributed by atoms with Crippen LogP contribution in [-0.2, 0) is 0 Å².